The molecule has 0 heterocycles. The molecule has 0 aliphatic heterocycles. The van der Waals surface area contributed by atoms with Gasteiger partial charge in [0, 0.05) is 15.8 Å². The second-order valence-electron chi connectivity index (χ2n) is 5.22. The molecule has 2 N–H and O–H groups in total. The van der Waals surface area contributed by atoms with E-state index in [0.717, 1.165) is 16.9 Å². The normalized spacial score (nSPS) is 24.8. The van der Waals surface area contributed by atoms with Crippen LogP contribution in [0.5, 0.6) is 0 Å². The van der Waals surface area contributed by atoms with Gasteiger partial charge in [-0.15, -0.1) is 11.8 Å². The van der Waals surface area contributed by atoms with Crippen LogP contribution in [0.3, 0.4) is 0 Å². The minimum atomic E-state index is 0.776. The van der Waals surface area contributed by atoms with Crippen molar-refractivity contribution in [2.75, 3.05) is 5.73 Å². The molecule has 94 valence electrons. The third-order valence-corrected chi connectivity index (χ3v) is 5.14. The number of aryl methyl sites for hydroxylation is 1. The predicted molar refractivity (Wildman–Crippen MR) is 77.5 cm³/mol. The van der Waals surface area contributed by atoms with Crippen LogP contribution in [0, 0.1) is 12.8 Å². The van der Waals surface area contributed by atoms with Crippen LogP contribution in [0.25, 0.3) is 0 Å². The highest BCUT2D eigenvalue weighted by atomic mass is 32.2. The van der Waals surface area contributed by atoms with Gasteiger partial charge in [0.2, 0.25) is 0 Å². The zero-order valence-electron chi connectivity index (χ0n) is 10.9. The molecule has 1 aliphatic rings. The first-order valence-corrected chi connectivity index (χ1v) is 7.59. The Morgan fingerprint density at radius 2 is 2.18 bits per heavy atom. The average molecular weight is 249 g/mol. The SMILES string of the molecule is CCC1CCCC(Sc2cc(C)ccc2N)C1. The van der Waals surface area contributed by atoms with Crippen molar-refractivity contribution >= 4 is 17.4 Å². The minimum Gasteiger partial charge on any atom is -0.398 e. The molecular weight excluding hydrogens is 226 g/mol. The number of thioether (sulfide) groups is 1. The summed E-state index contributed by atoms with van der Waals surface area (Å²) in [6.45, 7) is 4.46. The first-order chi connectivity index (χ1) is 8.19. The van der Waals surface area contributed by atoms with Gasteiger partial charge in [0.25, 0.3) is 0 Å². The second-order valence-corrected chi connectivity index (χ2v) is 6.56. The molecule has 2 rings (SSSR count). The smallest absolute Gasteiger partial charge is 0.0452 e. The molecule has 0 radical (unpaired) electrons. The van der Waals surface area contributed by atoms with Crippen molar-refractivity contribution < 1.29 is 0 Å². The molecule has 2 unspecified atom stereocenters. The maximum atomic E-state index is 6.05. The summed E-state index contributed by atoms with van der Waals surface area (Å²) in [7, 11) is 0. The van der Waals surface area contributed by atoms with Crippen LogP contribution < -0.4 is 5.73 Å². The van der Waals surface area contributed by atoms with E-state index in [0.29, 0.717) is 0 Å². The third-order valence-electron chi connectivity index (χ3n) is 3.77. The summed E-state index contributed by atoms with van der Waals surface area (Å²) in [5, 5.41) is 0.776. The van der Waals surface area contributed by atoms with Gasteiger partial charge in [-0.1, -0.05) is 32.3 Å². The Labute approximate surface area is 109 Å². The highest BCUT2D eigenvalue weighted by Crippen LogP contribution is 2.39. The van der Waals surface area contributed by atoms with E-state index in [9.17, 15) is 0 Å². The van der Waals surface area contributed by atoms with E-state index in [1.54, 1.807) is 0 Å². The zero-order chi connectivity index (χ0) is 12.3. The van der Waals surface area contributed by atoms with Crippen molar-refractivity contribution in [2.45, 2.75) is 56.1 Å². The lowest BCUT2D eigenvalue weighted by molar-refractivity contribution is 0.357. The molecule has 0 spiro atoms. The Morgan fingerprint density at radius 3 is 2.94 bits per heavy atom. The Kier molecular flexibility index (Phi) is 4.38. The maximum absolute atomic E-state index is 6.05. The lowest BCUT2D eigenvalue weighted by atomic mass is 9.87. The quantitative estimate of drug-likeness (QED) is 0.790. The lowest BCUT2D eigenvalue weighted by Gasteiger charge is -2.28. The molecule has 17 heavy (non-hydrogen) atoms. The Hall–Kier alpha value is -0.630. The fourth-order valence-electron chi connectivity index (χ4n) is 2.64. The largest absolute Gasteiger partial charge is 0.398 e. The van der Waals surface area contributed by atoms with Gasteiger partial charge in [0.05, 0.1) is 0 Å². The van der Waals surface area contributed by atoms with Crippen molar-refractivity contribution in [3.05, 3.63) is 23.8 Å². The van der Waals surface area contributed by atoms with Crippen LogP contribution in [0.1, 0.15) is 44.6 Å². The molecule has 1 aromatic carbocycles. The average Bonchev–Trinajstić information content (AvgIpc) is 2.34. The van der Waals surface area contributed by atoms with Gasteiger partial charge in [0.1, 0.15) is 0 Å². The molecule has 1 fully saturated rings. The van der Waals surface area contributed by atoms with E-state index >= 15 is 0 Å². The summed E-state index contributed by atoms with van der Waals surface area (Å²) in [4.78, 5) is 1.28. The number of hydrogen-bond acceptors (Lipinski definition) is 2. The highest BCUT2D eigenvalue weighted by molar-refractivity contribution is 8.00. The molecule has 0 bridgehead atoms. The van der Waals surface area contributed by atoms with Crippen LogP contribution in [-0.4, -0.2) is 5.25 Å². The molecular formula is C15H23NS. The maximum Gasteiger partial charge on any atom is 0.0452 e. The molecule has 2 heteroatoms. The second kappa shape index (κ2) is 5.81. The van der Waals surface area contributed by atoms with Crippen LogP contribution in [-0.2, 0) is 0 Å². The number of benzene rings is 1. The molecule has 2 atom stereocenters. The molecule has 0 amide bonds. The van der Waals surface area contributed by atoms with Gasteiger partial charge in [-0.05, 0) is 43.4 Å². The topological polar surface area (TPSA) is 26.0 Å². The van der Waals surface area contributed by atoms with Crippen molar-refractivity contribution in [2.24, 2.45) is 5.92 Å². The fourth-order valence-corrected chi connectivity index (χ4v) is 4.11. The Bertz CT molecular complexity index is 375. The first-order valence-electron chi connectivity index (χ1n) is 6.71. The molecule has 1 aliphatic carbocycles. The molecule has 0 saturated heterocycles. The zero-order valence-corrected chi connectivity index (χ0v) is 11.7. The van der Waals surface area contributed by atoms with E-state index in [1.807, 2.05) is 17.8 Å². The summed E-state index contributed by atoms with van der Waals surface area (Å²) in [6.07, 6.45) is 6.88. The fraction of sp³-hybridized carbons (Fsp3) is 0.600. The van der Waals surface area contributed by atoms with Crippen LogP contribution in [0.4, 0.5) is 5.69 Å². The van der Waals surface area contributed by atoms with Crippen molar-refractivity contribution in [3.8, 4) is 0 Å². The standard InChI is InChI=1S/C15H23NS/c1-3-12-5-4-6-13(10-12)17-15-9-11(2)7-8-14(15)16/h7-9,12-13H,3-6,10,16H2,1-2H3. The van der Waals surface area contributed by atoms with Gasteiger partial charge in [-0.25, -0.2) is 0 Å². The molecule has 1 saturated carbocycles. The van der Waals surface area contributed by atoms with Gasteiger partial charge < -0.3 is 5.73 Å². The number of nitrogen functional groups attached to an aromatic ring is 1. The van der Waals surface area contributed by atoms with Crippen molar-refractivity contribution in [1.82, 2.24) is 0 Å². The van der Waals surface area contributed by atoms with Crippen LogP contribution in [0.15, 0.2) is 23.1 Å². The molecule has 0 aromatic heterocycles. The van der Waals surface area contributed by atoms with Gasteiger partial charge in [-0.2, -0.15) is 0 Å². The van der Waals surface area contributed by atoms with Crippen LogP contribution in [0.2, 0.25) is 0 Å². The van der Waals surface area contributed by atoms with E-state index in [2.05, 4.69) is 26.0 Å². The molecule has 1 aromatic rings. The Balaban J connectivity index is 2.02. The summed E-state index contributed by atoms with van der Waals surface area (Å²) in [5.74, 6) is 0.937. The van der Waals surface area contributed by atoms with Gasteiger partial charge >= 0.3 is 0 Å². The van der Waals surface area contributed by atoms with Gasteiger partial charge in [0.15, 0.2) is 0 Å². The van der Waals surface area contributed by atoms with E-state index in [4.69, 9.17) is 5.73 Å². The molecule has 1 nitrogen and oxygen atoms in total. The number of anilines is 1. The van der Waals surface area contributed by atoms with Gasteiger partial charge in [-0.3, -0.25) is 0 Å². The lowest BCUT2D eigenvalue weighted by Crippen LogP contribution is -2.16. The number of hydrogen-bond donors (Lipinski definition) is 1. The van der Waals surface area contributed by atoms with Crippen molar-refractivity contribution in [3.63, 3.8) is 0 Å². The van der Waals surface area contributed by atoms with E-state index < -0.39 is 0 Å². The first kappa shape index (κ1) is 12.8. The summed E-state index contributed by atoms with van der Waals surface area (Å²) < 4.78 is 0. The highest BCUT2D eigenvalue weighted by Gasteiger charge is 2.22. The Morgan fingerprint density at radius 1 is 1.35 bits per heavy atom. The van der Waals surface area contributed by atoms with Crippen molar-refractivity contribution in [1.29, 1.82) is 0 Å². The predicted octanol–water partition coefficient (Wildman–Crippen LogP) is 4.64. The summed E-state index contributed by atoms with van der Waals surface area (Å²) >= 11 is 2.00. The number of nitrogens with two attached hydrogens (primary N) is 1. The number of rotatable bonds is 3. The summed E-state index contributed by atoms with van der Waals surface area (Å²) in [6, 6.07) is 6.36. The summed E-state index contributed by atoms with van der Waals surface area (Å²) in [5.41, 5.74) is 8.31. The van der Waals surface area contributed by atoms with E-state index in [1.165, 1.54) is 42.6 Å². The van der Waals surface area contributed by atoms with E-state index in [-0.39, 0.29) is 0 Å². The minimum absolute atomic E-state index is 0.776. The van der Waals surface area contributed by atoms with Crippen LogP contribution >= 0.6 is 11.8 Å². The third kappa shape index (κ3) is 3.41. The monoisotopic (exact) mass is 249 g/mol.